The quantitative estimate of drug-likeness (QED) is 0.576. The van der Waals surface area contributed by atoms with Gasteiger partial charge in [-0.2, -0.15) is 0 Å². The predicted molar refractivity (Wildman–Crippen MR) is 62.9 cm³/mol. The van der Waals surface area contributed by atoms with E-state index in [2.05, 4.69) is 34.6 Å². The molecule has 0 unspecified atom stereocenters. The van der Waals surface area contributed by atoms with E-state index in [1.54, 1.807) is 0 Å². The van der Waals surface area contributed by atoms with Crippen LogP contribution in [0.1, 0.15) is 60.3 Å². The first-order valence-electron chi connectivity index (χ1n) is 5.75. The van der Waals surface area contributed by atoms with Gasteiger partial charge >= 0.3 is 0 Å². The molecule has 1 nitrogen and oxygen atoms in total. The molecular formula is C11H26OSi. The maximum absolute atomic E-state index is 6.11. The standard InChI is InChI=1S/C11H26OSi/c1-6-10(7-2)13-12-11(5,8-3)9-4/h10H,6-9,13H2,1-5H3. The van der Waals surface area contributed by atoms with Crippen LogP contribution in [-0.2, 0) is 4.43 Å². The highest BCUT2D eigenvalue weighted by Gasteiger charge is 2.20. The minimum atomic E-state index is -0.301. The van der Waals surface area contributed by atoms with Crippen LogP contribution < -0.4 is 0 Å². The molecule has 0 fully saturated rings. The normalized spacial score (nSPS) is 13.4. The van der Waals surface area contributed by atoms with Gasteiger partial charge < -0.3 is 4.43 Å². The second kappa shape index (κ2) is 6.60. The molecule has 0 radical (unpaired) electrons. The summed E-state index contributed by atoms with van der Waals surface area (Å²) in [6, 6.07) is 0. The zero-order chi connectivity index (χ0) is 10.3. The zero-order valence-corrected chi connectivity index (χ0v) is 11.4. The van der Waals surface area contributed by atoms with Crippen molar-refractivity contribution >= 4 is 9.76 Å². The van der Waals surface area contributed by atoms with Crippen molar-refractivity contribution in [3.8, 4) is 0 Å². The lowest BCUT2D eigenvalue weighted by Gasteiger charge is -2.29. The molecule has 0 aliphatic heterocycles. The van der Waals surface area contributed by atoms with Crippen LogP contribution in [-0.4, -0.2) is 15.4 Å². The Bertz CT molecular complexity index is 117. The third-order valence-electron chi connectivity index (χ3n) is 3.32. The van der Waals surface area contributed by atoms with Crippen LogP contribution in [0.15, 0.2) is 0 Å². The van der Waals surface area contributed by atoms with E-state index in [-0.39, 0.29) is 15.4 Å². The average molecular weight is 202 g/mol. The zero-order valence-electron chi connectivity index (χ0n) is 10.0. The van der Waals surface area contributed by atoms with E-state index in [4.69, 9.17) is 4.43 Å². The lowest BCUT2D eigenvalue weighted by Crippen LogP contribution is -2.30. The molecule has 0 heterocycles. The van der Waals surface area contributed by atoms with E-state index in [0.29, 0.717) is 0 Å². The van der Waals surface area contributed by atoms with Crippen molar-refractivity contribution in [2.45, 2.75) is 71.4 Å². The first-order chi connectivity index (χ1) is 6.11. The van der Waals surface area contributed by atoms with Crippen molar-refractivity contribution in [1.82, 2.24) is 0 Å². The summed E-state index contributed by atoms with van der Waals surface area (Å²) in [5.74, 6) is 0. The monoisotopic (exact) mass is 202 g/mol. The van der Waals surface area contributed by atoms with Crippen LogP contribution >= 0.6 is 0 Å². The Morgan fingerprint density at radius 2 is 1.54 bits per heavy atom. The molecule has 0 rings (SSSR count). The van der Waals surface area contributed by atoms with Gasteiger partial charge in [0.15, 0.2) is 9.76 Å². The van der Waals surface area contributed by atoms with Crippen molar-refractivity contribution in [3.63, 3.8) is 0 Å². The summed E-state index contributed by atoms with van der Waals surface area (Å²) in [5.41, 5.74) is 1.06. The predicted octanol–water partition coefficient (Wildman–Crippen LogP) is 3.27. The van der Waals surface area contributed by atoms with Crippen molar-refractivity contribution in [3.05, 3.63) is 0 Å². The lowest BCUT2D eigenvalue weighted by molar-refractivity contribution is 0.0826. The van der Waals surface area contributed by atoms with Gasteiger partial charge in [0, 0.05) is 0 Å². The largest absolute Gasteiger partial charge is 0.419 e. The van der Waals surface area contributed by atoms with Crippen molar-refractivity contribution in [2.24, 2.45) is 0 Å². The molecule has 80 valence electrons. The van der Waals surface area contributed by atoms with E-state index in [0.717, 1.165) is 18.4 Å². The fourth-order valence-electron chi connectivity index (χ4n) is 1.30. The summed E-state index contributed by atoms with van der Waals surface area (Å²) in [5, 5.41) is 0. The maximum atomic E-state index is 6.11. The van der Waals surface area contributed by atoms with Gasteiger partial charge in [0.05, 0.1) is 5.60 Å². The van der Waals surface area contributed by atoms with Crippen LogP contribution in [0, 0.1) is 0 Å². The lowest BCUT2D eigenvalue weighted by atomic mass is 10.0. The van der Waals surface area contributed by atoms with Gasteiger partial charge in [-0.05, 0) is 25.3 Å². The van der Waals surface area contributed by atoms with Crippen molar-refractivity contribution < 1.29 is 4.43 Å². The summed E-state index contributed by atoms with van der Waals surface area (Å²) in [4.78, 5) is 0. The Kier molecular flexibility index (Phi) is 6.69. The molecule has 0 saturated carbocycles. The maximum Gasteiger partial charge on any atom is 0.165 e. The molecular weight excluding hydrogens is 176 g/mol. The van der Waals surface area contributed by atoms with Crippen molar-refractivity contribution in [1.29, 1.82) is 0 Å². The molecule has 0 aromatic heterocycles. The van der Waals surface area contributed by atoms with Crippen LogP contribution in [0.25, 0.3) is 0 Å². The second-order valence-electron chi connectivity index (χ2n) is 4.15. The van der Waals surface area contributed by atoms with E-state index >= 15 is 0 Å². The Labute approximate surface area is 86.2 Å². The number of hydrogen-bond acceptors (Lipinski definition) is 1. The van der Waals surface area contributed by atoms with Gasteiger partial charge in [0.25, 0.3) is 0 Å². The molecule has 0 N–H and O–H groups in total. The van der Waals surface area contributed by atoms with E-state index in [1.807, 2.05) is 0 Å². The van der Waals surface area contributed by atoms with Crippen molar-refractivity contribution in [2.75, 3.05) is 0 Å². The second-order valence-corrected chi connectivity index (χ2v) is 5.93. The first kappa shape index (κ1) is 13.2. The van der Waals surface area contributed by atoms with E-state index in [9.17, 15) is 0 Å². The van der Waals surface area contributed by atoms with Crippen LogP contribution in [0.3, 0.4) is 0 Å². The summed E-state index contributed by atoms with van der Waals surface area (Å²) >= 11 is 0. The average Bonchev–Trinajstić information content (AvgIpc) is 2.19. The molecule has 13 heavy (non-hydrogen) atoms. The van der Waals surface area contributed by atoms with Gasteiger partial charge in [-0.3, -0.25) is 0 Å². The van der Waals surface area contributed by atoms with Crippen LogP contribution in [0.4, 0.5) is 0 Å². The topological polar surface area (TPSA) is 9.23 Å². The van der Waals surface area contributed by atoms with Gasteiger partial charge in [-0.15, -0.1) is 0 Å². The molecule has 0 aromatic rings. The molecule has 0 aliphatic carbocycles. The molecule has 0 amide bonds. The highest BCUT2D eigenvalue weighted by molar-refractivity contribution is 6.29. The summed E-state index contributed by atoms with van der Waals surface area (Å²) in [6.45, 7) is 11.3. The molecule has 0 bridgehead atoms. The minimum absolute atomic E-state index is 0.175. The molecule has 0 saturated heterocycles. The van der Waals surface area contributed by atoms with Crippen LogP contribution in [0.2, 0.25) is 5.54 Å². The fraction of sp³-hybridized carbons (Fsp3) is 1.00. The Morgan fingerprint density at radius 3 is 1.85 bits per heavy atom. The van der Waals surface area contributed by atoms with Gasteiger partial charge in [0.2, 0.25) is 0 Å². The minimum Gasteiger partial charge on any atom is -0.419 e. The fourth-order valence-corrected chi connectivity index (χ4v) is 2.82. The number of hydrogen-bond donors (Lipinski definition) is 0. The smallest absolute Gasteiger partial charge is 0.165 e. The van der Waals surface area contributed by atoms with Gasteiger partial charge in [-0.25, -0.2) is 0 Å². The van der Waals surface area contributed by atoms with Gasteiger partial charge in [0.1, 0.15) is 0 Å². The van der Waals surface area contributed by atoms with E-state index in [1.165, 1.54) is 12.8 Å². The van der Waals surface area contributed by atoms with E-state index < -0.39 is 0 Å². The SMILES string of the molecule is CCC(CC)[SiH2]OC(C)(CC)CC. The molecule has 0 atom stereocenters. The summed E-state index contributed by atoms with van der Waals surface area (Å²) in [6.07, 6.45) is 4.89. The number of rotatable bonds is 7. The molecule has 0 aromatic carbocycles. The third-order valence-corrected chi connectivity index (χ3v) is 5.81. The Balaban J connectivity index is 3.83. The van der Waals surface area contributed by atoms with Crippen LogP contribution in [0.5, 0.6) is 0 Å². The summed E-state index contributed by atoms with van der Waals surface area (Å²) < 4.78 is 6.11. The highest BCUT2D eigenvalue weighted by atomic mass is 28.2. The van der Waals surface area contributed by atoms with Gasteiger partial charge in [-0.1, -0.05) is 40.5 Å². The molecule has 0 aliphatic rings. The Hall–Kier alpha value is 0.177. The Morgan fingerprint density at radius 1 is 1.08 bits per heavy atom. The highest BCUT2D eigenvalue weighted by Crippen LogP contribution is 2.22. The first-order valence-corrected chi connectivity index (χ1v) is 7.15. The third kappa shape index (κ3) is 4.82. The molecule has 0 spiro atoms. The summed E-state index contributed by atoms with van der Waals surface area (Å²) in [7, 11) is -0.301. The molecule has 2 heteroatoms.